The lowest BCUT2D eigenvalue weighted by molar-refractivity contribution is 0.536. The molecule has 0 aromatic heterocycles. The van der Waals surface area contributed by atoms with Gasteiger partial charge in [0.2, 0.25) is 10.0 Å². The van der Waals surface area contributed by atoms with E-state index in [9.17, 15) is 17.2 Å². The second kappa shape index (κ2) is 5.10. The molecular formula is C11H9BrF2N2O2S. The summed E-state index contributed by atoms with van der Waals surface area (Å²) in [6.45, 7) is 0.130. The molecule has 19 heavy (non-hydrogen) atoms. The average Bonchev–Trinajstić information content (AvgIpc) is 2.27. The van der Waals surface area contributed by atoms with Gasteiger partial charge in [0.1, 0.15) is 21.0 Å². The van der Waals surface area contributed by atoms with Crippen LogP contribution < -0.4 is 4.72 Å². The van der Waals surface area contributed by atoms with E-state index >= 15 is 0 Å². The first-order chi connectivity index (χ1) is 8.82. The first-order valence-corrected chi connectivity index (χ1v) is 7.46. The van der Waals surface area contributed by atoms with Crippen LogP contribution >= 0.6 is 15.9 Å². The second-order valence-corrected chi connectivity index (χ2v) is 6.96. The molecule has 0 saturated heterocycles. The van der Waals surface area contributed by atoms with Gasteiger partial charge in [0, 0.05) is 12.3 Å². The van der Waals surface area contributed by atoms with Gasteiger partial charge in [0.15, 0.2) is 0 Å². The summed E-state index contributed by atoms with van der Waals surface area (Å²) in [5.74, 6) is -1.99. The Morgan fingerprint density at radius 3 is 2.68 bits per heavy atom. The van der Waals surface area contributed by atoms with Crippen LogP contribution in [0.25, 0.3) is 0 Å². The molecule has 1 atom stereocenters. The fourth-order valence-corrected chi connectivity index (χ4v) is 3.72. The second-order valence-electron chi connectivity index (χ2n) is 3.89. The van der Waals surface area contributed by atoms with E-state index in [1.807, 2.05) is 0 Å². The van der Waals surface area contributed by atoms with Gasteiger partial charge in [-0.25, -0.2) is 17.2 Å². The van der Waals surface area contributed by atoms with Gasteiger partial charge < -0.3 is 0 Å². The topological polar surface area (TPSA) is 58.5 Å². The van der Waals surface area contributed by atoms with Crippen LogP contribution in [0.15, 0.2) is 40.2 Å². The van der Waals surface area contributed by atoms with Crippen LogP contribution in [0.4, 0.5) is 8.78 Å². The van der Waals surface area contributed by atoms with Crippen molar-refractivity contribution in [2.45, 2.75) is 9.34 Å². The lowest BCUT2D eigenvalue weighted by atomic mass is 10.2. The number of benzene rings is 1. The molecule has 0 saturated carbocycles. The molecule has 8 heteroatoms. The zero-order valence-corrected chi connectivity index (χ0v) is 11.9. The first-order valence-electron chi connectivity index (χ1n) is 5.18. The lowest BCUT2D eigenvalue weighted by Crippen LogP contribution is -2.45. The summed E-state index contributed by atoms with van der Waals surface area (Å²) in [5.41, 5.74) is 0. The number of rotatable bonds is 3. The van der Waals surface area contributed by atoms with Crippen molar-refractivity contribution in [3.05, 3.63) is 42.0 Å². The Kier molecular flexibility index (Phi) is 3.84. The Bertz CT molecular complexity index is 661. The monoisotopic (exact) mass is 350 g/mol. The number of alkyl halides is 1. The molecule has 0 radical (unpaired) electrons. The highest BCUT2D eigenvalue weighted by molar-refractivity contribution is 9.10. The fraction of sp³-hybridized carbons (Fsp3) is 0.182. The minimum absolute atomic E-state index is 0.130. The molecule has 1 aromatic rings. The van der Waals surface area contributed by atoms with E-state index in [2.05, 4.69) is 25.6 Å². The number of nitrogens with zero attached hydrogens (tertiary/aromatic N) is 1. The largest absolute Gasteiger partial charge is 0.290 e. The minimum atomic E-state index is -4.13. The van der Waals surface area contributed by atoms with Crippen molar-refractivity contribution in [3.63, 3.8) is 0 Å². The predicted octanol–water partition coefficient (Wildman–Crippen LogP) is 1.97. The van der Waals surface area contributed by atoms with Crippen molar-refractivity contribution < 1.29 is 17.2 Å². The number of aliphatic imine (C=N–C) groups is 1. The van der Waals surface area contributed by atoms with E-state index in [0.717, 1.165) is 12.1 Å². The Hall–Kier alpha value is -1.12. The minimum Gasteiger partial charge on any atom is -0.290 e. The van der Waals surface area contributed by atoms with Gasteiger partial charge in [-0.3, -0.25) is 4.99 Å². The normalized spacial score (nSPS) is 22.7. The van der Waals surface area contributed by atoms with Gasteiger partial charge in [-0.1, -0.05) is 15.9 Å². The summed E-state index contributed by atoms with van der Waals surface area (Å²) in [4.78, 5) is 3.29. The summed E-state index contributed by atoms with van der Waals surface area (Å²) < 4.78 is 51.5. The molecule has 0 bridgehead atoms. The molecule has 1 N–H and O–H groups in total. The summed E-state index contributed by atoms with van der Waals surface area (Å²) in [6.07, 6.45) is 4.62. The SMILES string of the molecule is O=S(=O)(NC1(Br)C=CC=NC1)c1ccc(F)cc1F. The van der Waals surface area contributed by atoms with Crippen LogP contribution in [0.5, 0.6) is 0 Å². The maximum absolute atomic E-state index is 13.5. The molecule has 0 spiro atoms. The molecule has 1 aromatic carbocycles. The van der Waals surface area contributed by atoms with E-state index < -0.39 is 31.0 Å². The molecule has 0 fully saturated rings. The van der Waals surface area contributed by atoms with Gasteiger partial charge in [-0.05, 0) is 24.3 Å². The van der Waals surface area contributed by atoms with E-state index in [1.54, 1.807) is 12.2 Å². The van der Waals surface area contributed by atoms with Gasteiger partial charge in [0.05, 0.1) is 6.54 Å². The maximum Gasteiger partial charge on any atom is 0.245 e. The molecule has 1 heterocycles. The van der Waals surface area contributed by atoms with Crippen LogP contribution in [0.1, 0.15) is 0 Å². The molecular weight excluding hydrogens is 342 g/mol. The van der Waals surface area contributed by atoms with Crippen LogP contribution in [-0.4, -0.2) is 25.6 Å². The summed E-state index contributed by atoms with van der Waals surface area (Å²) in [7, 11) is -4.13. The van der Waals surface area contributed by atoms with Crippen molar-refractivity contribution in [2.24, 2.45) is 4.99 Å². The maximum atomic E-state index is 13.5. The Morgan fingerprint density at radius 2 is 2.11 bits per heavy atom. The molecule has 1 aliphatic heterocycles. The lowest BCUT2D eigenvalue weighted by Gasteiger charge is -2.24. The third kappa shape index (κ3) is 3.26. The number of hydrogen-bond donors (Lipinski definition) is 1. The average molecular weight is 351 g/mol. The van der Waals surface area contributed by atoms with Gasteiger partial charge >= 0.3 is 0 Å². The third-order valence-corrected chi connectivity index (χ3v) is 4.88. The number of halogens is 3. The Morgan fingerprint density at radius 1 is 1.37 bits per heavy atom. The van der Waals surface area contributed by atoms with Crippen LogP contribution in [0, 0.1) is 11.6 Å². The van der Waals surface area contributed by atoms with Crippen LogP contribution in [0.2, 0.25) is 0 Å². The quantitative estimate of drug-likeness (QED) is 0.669. The highest BCUT2D eigenvalue weighted by Crippen LogP contribution is 2.24. The van der Waals surface area contributed by atoms with E-state index in [4.69, 9.17) is 0 Å². The number of dihydropyridines is 1. The van der Waals surface area contributed by atoms with Crippen LogP contribution in [0.3, 0.4) is 0 Å². The van der Waals surface area contributed by atoms with Crippen molar-refractivity contribution >= 4 is 32.2 Å². The molecule has 0 aliphatic carbocycles. The van der Waals surface area contributed by atoms with Crippen molar-refractivity contribution in [3.8, 4) is 0 Å². The smallest absolute Gasteiger partial charge is 0.245 e. The van der Waals surface area contributed by atoms with E-state index in [1.165, 1.54) is 6.21 Å². The highest BCUT2D eigenvalue weighted by atomic mass is 79.9. The highest BCUT2D eigenvalue weighted by Gasteiger charge is 2.32. The standard InChI is InChI=1S/C11H9BrF2N2O2S/c12-11(4-1-5-15-7-11)16-19(17,18)10-3-2-8(13)6-9(10)14/h1-6,16H,7H2. The zero-order chi connectivity index (χ0) is 14.1. The van der Waals surface area contributed by atoms with E-state index in [-0.39, 0.29) is 6.54 Å². The predicted molar refractivity (Wildman–Crippen MR) is 70.8 cm³/mol. The fourth-order valence-electron chi connectivity index (χ4n) is 1.53. The Balaban J connectivity index is 2.33. The molecule has 1 unspecified atom stereocenters. The molecule has 0 amide bonds. The van der Waals surface area contributed by atoms with Crippen molar-refractivity contribution in [1.29, 1.82) is 0 Å². The number of nitrogens with one attached hydrogen (secondary N) is 1. The number of hydrogen-bond acceptors (Lipinski definition) is 3. The van der Waals surface area contributed by atoms with Gasteiger partial charge in [-0.2, -0.15) is 4.72 Å². The molecule has 1 aliphatic rings. The molecule has 4 nitrogen and oxygen atoms in total. The van der Waals surface area contributed by atoms with Crippen molar-refractivity contribution in [1.82, 2.24) is 4.72 Å². The number of sulfonamides is 1. The molecule has 102 valence electrons. The van der Waals surface area contributed by atoms with Crippen molar-refractivity contribution in [2.75, 3.05) is 6.54 Å². The van der Waals surface area contributed by atoms with Gasteiger partial charge in [0.25, 0.3) is 0 Å². The molecule has 2 rings (SSSR count). The third-order valence-electron chi connectivity index (χ3n) is 2.36. The Labute approximate surface area is 117 Å². The van der Waals surface area contributed by atoms with Crippen LogP contribution in [-0.2, 0) is 10.0 Å². The summed E-state index contributed by atoms with van der Waals surface area (Å²) in [5, 5.41) is 0. The zero-order valence-electron chi connectivity index (χ0n) is 9.48. The summed E-state index contributed by atoms with van der Waals surface area (Å²) >= 11 is 3.18. The van der Waals surface area contributed by atoms with Gasteiger partial charge in [-0.15, -0.1) is 0 Å². The first kappa shape index (κ1) is 14.3. The number of allylic oxidation sites excluding steroid dienone is 1. The summed E-state index contributed by atoms with van der Waals surface area (Å²) in [6, 6.07) is 2.27. The van der Waals surface area contributed by atoms with E-state index in [0.29, 0.717) is 6.07 Å².